The van der Waals surface area contributed by atoms with Crippen molar-refractivity contribution in [1.29, 1.82) is 0 Å². The molecular formula is C46H35NO. The van der Waals surface area contributed by atoms with E-state index in [-0.39, 0.29) is 10.8 Å². The molecule has 0 spiro atoms. The fraction of sp³-hybridized carbons (Fsp3) is 0.130. The zero-order valence-corrected chi connectivity index (χ0v) is 27.6. The highest BCUT2D eigenvalue weighted by molar-refractivity contribution is 6.16. The topological polar surface area (TPSA) is 16.4 Å². The molecule has 1 aromatic heterocycles. The highest BCUT2D eigenvalue weighted by atomic mass is 16.3. The van der Waals surface area contributed by atoms with Gasteiger partial charge in [-0.1, -0.05) is 119 Å². The van der Waals surface area contributed by atoms with Gasteiger partial charge in [-0.2, -0.15) is 0 Å². The minimum atomic E-state index is -0.109. The van der Waals surface area contributed by atoms with Crippen LogP contribution in [0.3, 0.4) is 0 Å². The van der Waals surface area contributed by atoms with Crippen LogP contribution in [-0.4, -0.2) is 0 Å². The Kier molecular flexibility index (Phi) is 5.44. The number of fused-ring (bicyclic) bond motifs is 10. The zero-order chi connectivity index (χ0) is 32.4. The van der Waals surface area contributed by atoms with Crippen molar-refractivity contribution in [3.63, 3.8) is 0 Å². The van der Waals surface area contributed by atoms with E-state index in [4.69, 9.17) is 4.42 Å². The van der Waals surface area contributed by atoms with Crippen molar-refractivity contribution in [3.05, 3.63) is 162 Å². The zero-order valence-electron chi connectivity index (χ0n) is 27.6. The second-order valence-corrected chi connectivity index (χ2v) is 14.6. The van der Waals surface area contributed by atoms with E-state index in [1.165, 1.54) is 55.3 Å². The summed E-state index contributed by atoms with van der Waals surface area (Å²) in [5, 5.41) is 4.66. The van der Waals surface area contributed by atoms with Crippen molar-refractivity contribution >= 4 is 49.8 Å². The average molecular weight is 618 g/mol. The van der Waals surface area contributed by atoms with E-state index in [9.17, 15) is 0 Å². The predicted octanol–water partition coefficient (Wildman–Crippen LogP) is 12.8. The van der Waals surface area contributed by atoms with Crippen LogP contribution >= 0.6 is 0 Å². The molecule has 0 saturated carbocycles. The maximum Gasteiger partial charge on any atom is 0.137 e. The summed E-state index contributed by atoms with van der Waals surface area (Å²) in [4.78, 5) is 2.46. The van der Waals surface area contributed by atoms with Gasteiger partial charge in [-0.05, 0) is 104 Å². The van der Waals surface area contributed by atoms with Crippen molar-refractivity contribution in [3.8, 4) is 22.3 Å². The maximum absolute atomic E-state index is 6.60. The molecule has 1 heterocycles. The van der Waals surface area contributed by atoms with Gasteiger partial charge in [0.1, 0.15) is 11.2 Å². The van der Waals surface area contributed by atoms with E-state index in [0.717, 1.165) is 39.0 Å². The first-order valence-corrected chi connectivity index (χ1v) is 16.9. The lowest BCUT2D eigenvalue weighted by atomic mass is 9.82. The number of nitrogens with zero attached hydrogens (tertiary/aromatic N) is 1. The molecule has 0 atom stereocenters. The summed E-state index contributed by atoms with van der Waals surface area (Å²) in [5.74, 6) is 0. The van der Waals surface area contributed by atoms with Crippen LogP contribution in [0.4, 0.5) is 17.1 Å². The summed E-state index contributed by atoms with van der Waals surface area (Å²) in [6, 6.07) is 51.4. The molecule has 0 aliphatic heterocycles. The van der Waals surface area contributed by atoms with Crippen LogP contribution in [0.25, 0.3) is 55.0 Å². The van der Waals surface area contributed by atoms with E-state index in [1.54, 1.807) is 0 Å². The molecule has 2 aliphatic rings. The van der Waals surface area contributed by atoms with Gasteiger partial charge in [0.05, 0.1) is 11.1 Å². The molecule has 2 aliphatic carbocycles. The third-order valence-corrected chi connectivity index (χ3v) is 11.2. The van der Waals surface area contributed by atoms with Gasteiger partial charge in [-0.15, -0.1) is 0 Å². The number of anilines is 3. The van der Waals surface area contributed by atoms with Gasteiger partial charge in [-0.3, -0.25) is 0 Å². The molecule has 0 unspecified atom stereocenters. The highest BCUT2D eigenvalue weighted by Crippen LogP contribution is 2.54. The Morgan fingerprint density at radius 2 is 0.958 bits per heavy atom. The van der Waals surface area contributed by atoms with Gasteiger partial charge in [0.2, 0.25) is 0 Å². The summed E-state index contributed by atoms with van der Waals surface area (Å²) in [7, 11) is 0. The molecule has 10 rings (SSSR count). The molecule has 230 valence electrons. The summed E-state index contributed by atoms with van der Waals surface area (Å²) in [6.07, 6.45) is 0. The fourth-order valence-corrected chi connectivity index (χ4v) is 8.77. The SMILES string of the molecule is CC1(C)c2ccccc2-c2ccc(N(c3ccc4c(c3)C(C)(C)c3ccccc3-4)c3cccc4oc5cc6ccccc6cc5c34)cc21. The standard InChI is InChI=1S/C46H35NO/c1-45(2)37-16-9-7-14-32(37)34-22-20-30(26-39(34)45)47(31-21-23-35-33-15-8-10-17-38(33)46(3,4)40(35)27-31)41-18-11-19-42-44(41)36-24-28-12-5-6-13-29(28)25-43(36)48-42/h5-27H,1-4H3. The minimum absolute atomic E-state index is 0.109. The van der Waals surface area contributed by atoms with E-state index in [2.05, 4.69) is 172 Å². The summed E-state index contributed by atoms with van der Waals surface area (Å²) >= 11 is 0. The molecule has 0 amide bonds. The Morgan fingerprint density at radius 3 is 1.56 bits per heavy atom. The molecule has 0 fully saturated rings. The molecule has 2 heteroatoms. The van der Waals surface area contributed by atoms with Crippen LogP contribution < -0.4 is 4.90 Å². The van der Waals surface area contributed by atoms with Gasteiger partial charge >= 0.3 is 0 Å². The monoisotopic (exact) mass is 617 g/mol. The maximum atomic E-state index is 6.60. The van der Waals surface area contributed by atoms with Crippen molar-refractivity contribution in [2.45, 2.75) is 38.5 Å². The lowest BCUT2D eigenvalue weighted by molar-refractivity contribution is 0.660. The molecule has 0 bridgehead atoms. The molecule has 2 nitrogen and oxygen atoms in total. The Morgan fingerprint density at radius 1 is 0.438 bits per heavy atom. The smallest absolute Gasteiger partial charge is 0.137 e. The van der Waals surface area contributed by atoms with E-state index in [0.29, 0.717) is 0 Å². The van der Waals surface area contributed by atoms with E-state index in [1.807, 2.05) is 0 Å². The Labute approximate surface area is 280 Å². The fourth-order valence-electron chi connectivity index (χ4n) is 8.77. The van der Waals surface area contributed by atoms with Crippen LogP contribution in [-0.2, 0) is 10.8 Å². The molecule has 0 saturated heterocycles. The third kappa shape index (κ3) is 3.63. The minimum Gasteiger partial charge on any atom is -0.456 e. The number of hydrogen-bond donors (Lipinski definition) is 0. The molecule has 0 N–H and O–H groups in total. The van der Waals surface area contributed by atoms with Gasteiger partial charge < -0.3 is 9.32 Å². The summed E-state index contributed by atoms with van der Waals surface area (Å²) in [6.45, 7) is 9.43. The van der Waals surface area contributed by atoms with Gasteiger partial charge in [0, 0.05) is 27.6 Å². The Bertz CT molecular complexity index is 2530. The summed E-state index contributed by atoms with van der Waals surface area (Å²) < 4.78 is 6.60. The van der Waals surface area contributed by atoms with Crippen molar-refractivity contribution < 1.29 is 4.42 Å². The number of hydrogen-bond acceptors (Lipinski definition) is 2. The lowest BCUT2D eigenvalue weighted by Gasteiger charge is -2.30. The first-order valence-electron chi connectivity index (χ1n) is 16.9. The lowest BCUT2D eigenvalue weighted by Crippen LogP contribution is -2.18. The van der Waals surface area contributed by atoms with E-state index >= 15 is 0 Å². The molecule has 7 aromatic carbocycles. The quantitative estimate of drug-likeness (QED) is 0.196. The van der Waals surface area contributed by atoms with Crippen molar-refractivity contribution in [2.75, 3.05) is 4.90 Å². The van der Waals surface area contributed by atoms with Crippen LogP contribution in [0.15, 0.2) is 144 Å². The normalized spacial score (nSPS) is 15.0. The van der Waals surface area contributed by atoms with E-state index < -0.39 is 0 Å². The second-order valence-electron chi connectivity index (χ2n) is 14.6. The molecular weight excluding hydrogens is 583 g/mol. The Balaban J connectivity index is 1.25. The van der Waals surface area contributed by atoms with Crippen molar-refractivity contribution in [1.82, 2.24) is 0 Å². The number of furan rings is 1. The third-order valence-electron chi connectivity index (χ3n) is 11.2. The predicted molar refractivity (Wildman–Crippen MR) is 201 cm³/mol. The largest absolute Gasteiger partial charge is 0.456 e. The van der Waals surface area contributed by atoms with Crippen LogP contribution in [0.2, 0.25) is 0 Å². The highest BCUT2D eigenvalue weighted by Gasteiger charge is 2.38. The second kappa shape index (κ2) is 9.49. The Hall–Kier alpha value is -5.60. The average Bonchev–Trinajstić information content (AvgIpc) is 3.67. The van der Waals surface area contributed by atoms with Crippen molar-refractivity contribution in [2.24, 2.45) is 0 Å². The molecule has 48 heavy (non-hydrogen) atoms. The van der Waals surface area contributed by atoms with Gasteiger partial charge in [0.15, 0.2) is 0 Å². The van der Waals surface area contributed by atoms with Crippen LogP contribution in [0, 0.1) is 0 Å². The first kappa shape index (κ1) is 27.5. The number of rotatable bonds is 3. The number of benzene rings is 7. The van der Waals surface area contributed by atoms with Crippen LogP contribution in [0.5, 0.6) is 0 Å². The molecule has 0 radical (unpaired) electrons. The van der Waals surface area contributed by atoms with Crippen LogP contribution in [0.1, 0.15) is 49.9 Å². The van der Waals surface area contributed by atoms with Gasteiger partial charge in [0.25, 0.3) is 0 Å². The van der Waals surface area contributed by atoms with Gasteiger partial charge in [-0.25, -0.2) is 0 Å². The first-order chi connectivity index (χ1) is 23.3. The molecule has 8 aromatic rings. The summed E-state index contributed by atoms with van der Waals surface area (Å²) in [5.41, 5.74) is 15.8.